The molecule has 1 fully saturated rings. The molecular weight excluding hydrogens is 324 g/mol. The summed E-state index contributed by atoms with van der Waals surface area (Å²) in [5.41, 5.74) is 2.46. The van der Waals surface area contributed by atoms with Crippen LogP contribution in [-0.2, 0) is 11.3 Å². The van der Waals surface area contributed by atoms with Gasteiger partial charge >= 0.3 is 0 Å². The van der Waals surface area contributed by atoms with Gasteiger partial charge in [0.15, 0.2) is 6.10 Å². The first-order valence-corrected chi connectivity index (χ1v) is 9.44. The number of rotatable bonds is 6. The Morgan fingerprint density at radius 3 is 2.42 bits per heavy atom. The molecule has 138 valence electrons. The van der Waals surface area contributed by atoms with Crippen LogP contribution in [0.3, 0.4) is 0 Å². The highest BCUT2D eigenvalue weighted by atomic mass is 16.5. The van der Waals surface area contributed by atoms with Gasteiger partial charge in [0.1, 0.15) is 5.75 Å². The molecular formula is C22H28N2O2. The van der Waals surface area contributed by atoms with E-state index in [1.807, 2.05) is 49.1 Å². The highest BCUT2D eigenvalue weighted by molar-refractivity contribution is 5.81. The second-order valence-electron chi connectivity index (χ2n) is 6.92. The molecule has 2 aromatic rings. The van der Waals surface area contributed by atoms with E-state index < -0.39 is 6.10 Å². The lowest BCUT2D eigenvalue weighted by atomic mass is 10.1. The van der Waals surface area contributed by atoms with Gasteiger partial charge in [-0.1, -0.05) is 49.4 Å². The molecule has 0 unspecified atom stereocenters. The molecule has 0 radical (unpaired) electrons. The number of carbonyl (C=O) groups excluding carboxylic acids is 1. The molecule has 0 N–H and O–H groups in total. The van der Waals surface area contributed by atoms with Crippen molar-refractivity contribution in [1.82, 2.24) is 9.80 Å². The van der Waals surface area contributed by atoms with Gasteiger partial charge in [0.2, 0.25) is 0 Å². The molecule has 0 aromatic heterocycles. The molecule has 0 aliphatic carbocycles. The van der Waals surface area contributed by atoms with Crippen LogP contribution >= 0.6 is 0 Å². The number of hydrogen-bond donors (Lipinski definition) is 0. The zero-order valence-corrected chi connectivity index (χ0v) is 15.7. The summed E-state index contributed by atoms with van der Waals surface area (Å²) in [6, 6.07) is 18.4. The molecule has 0 saturated carbocycles. The smallest absolute Gasteiger partial charge is 0.263 e. The van der Waals surface area contributed by atoms with Gasteiger partial charge in [0.25, 0.3) is 5.91 Å². The third-order valence-electron chi connectivity index (χ3n) is 4.85. The van der Waals surface area contributed by atoms with Gasteiger partial charge < -0.3 is 9.64 Å². The standard InChI is InChI=1S/C22H28N2O2/c1-3-21(26-20-11-7-8-18(2)16-20)22(25)24-14-12-23(13-15-24)17-19-9-5-4-6-10-19/h4-11,16,21H,3,12-15,17H2,1-2H3/t21-/m1/s1. The van der Waals surface area contributed by atoms with Crippen molar-refractivity contribution in [3.63, 3.8) is 0 Å². The number of benzene rings is 2. The molecule has 1 aliphatic rings. The van der Waals surface area contributed by atoms with E-state index in [0.29, 0.717) is 6.42 Å². The first-order valence-electron chi connectivity index (χ1n) is 9.44. The van der Waals surface area contributed by atoms with Crippen LogP contribution in [0, 0.1) is 6.92 Å². The van der Waals surface area contributed by atoms with Crippen LogP contribution in [0.25, 0.3) is 0 Å². The Hall–Kier alpha value is -2.33. The molecule has 1 saturated heterocycles. The van der Waals surface area contributed by atoms with E-state index in [9.17, 15) is 4.79 Å². The third kappa shape index (κ3) is 4.85. The average Bonchev–Trinajstić information content (AvgIpc) is 2.67. The summed E-state index contributed by atoms with van der Waals surface area (Å²) in [7, 11) is 0. The summed E-state index contributed by atoms with van der Waals surface area (Å²) in [5.74, 6) is 0.876. The molecule has 1 atom stereocenters. The van der Waals surface area contributed by atoms with Crippen LogP contribution in [0.4, 0.5) is 0 Å². The van der Waals surface area contributed by atoms with Gasteiger partial charge in [-0.3, -0.25) is 9.69 Å². The number of hydrogen-bond acceptors (Lipinski definition) is 3. The molecule has 4 nitrogen and oxygen atoms in total. The molecule has 1 aliphatic heterocycles. The summed E-state index contributed by atoms with van der Waals surface area (Å²) in [6.45, 7) is 8.31. The van der Waals surface area contributed by atoms with Gasteiger partial charge in [-0.25, -0.2) is 0 Å². The molecule has 4 heteroatoms. The van der Waals surface area contributed by atoms with Crippen molar-refractivity contribution in [1.29, 1.82) is 0 Å². The van der Waals surface area contributed by atoms with E-state index in [1.165, 1.54) is 5.56 Å². The van der Waals surface area contributed by atoms with Crippen molar-refractivity contribution in [2.75, 3.05) is 26.2 Å². The van der Waals surface area contributed by atoms with E-state index >= 15 is 0 Å². The number of ether oxygens (including phenoxy) is 1. The fourth-order valence-electron chi connectivity index (χ4n) is 3.33. The Morgan fingerprint density at radius 2 is 1.77 bits per heavy atom. The predicted octanol–water partition coefficient (Wildman–Crippen LogP) is 3.50. The van der Waals surface area contributed by atoms with E-state index in [4.69, 9.17) is 4.74 Å². The van der Waals surface area contributed by atoms with E-state index in [-0.39, 0.29) is 5.91 Å². The molecule has 26 heavy (non-hydrogen) atoms. The van der Waals surface area contributed by atoms with E-state index in [0.717, 1.165) is 44.0 Å². The van der Waals surface area contributed by atoms with Crippen LogP contribution in [0.5, 0.6) is 5.75 Å². The summed E-state index contributed by atoms with van der Waals surface area (Å²) in [4.78, 5) is 17.2. The predicted molar refractivity (Wildman–Crippen MR) is 104 cm³/mol. The Kier molecular flexibility index (Phi) is 6.29. The number of carbonyl (C=O) groups is 1. The highest BCUT2D eigenvalue weighted by Gasteiger charge is 2.27. The Morgan fingerprint density at radius 1 is 1.04 bits per heavy atom. The molecule has 2 aromatic carbocycles. The van der Waals surface area contributed by atoms with Crippen molar-refractivity contribution in [2.24, 2.45) is 0 Å². The number of aryl methyl sites for hydroxylation is 1. The fourth-order valence-corrected chi connectivity index (χ4v) is 3.33. The van der Waals surface area contributed by atoms with Crippen LogP contribution in [0.2, 0.25) is 0 Å². The van der Waals surface area contributed by atoms with Crippen LogP contribution < -0.4 is 4.74 Å². The highest BCUT2D eigenvalue weighted by Crippen LogP contribution is 2.17. The zero-order valence-electron chi connectivity index (χ0n) is 15.7. The van der Waals surface area contributed by atoms with E-state index in [2.05, 4.69) is 29.2 Å². The van der Waals surface area contributed by atoms with Gasteiger partial charge in [0.05, 0.1) is 0 Å². The largest absolute Gasteiger partial charge is 0.481 e. The van der Waals surface area contributed by atoms with Crippen molar-refractivity contribution in [2.45, 2.75) is 32.9 Å². The van der Waals surface area contributed by atoms with Crippen molar-refractivity contribution in [3.05, 3.63) is 65.7 Å². The average molecular weight is 352 g/mol. The van der Waals surface area contributed by atoms with Gasteiger partial charge in [-0.2, -0.15) is 0 Å². The third-order valence-corrected chi connectivity index (χ3v) is 4.85. The van der Waals surface area contributed by atoms with Crippen LogP contribution in [0.1, 0.15) is 24.5 Å². The van der Waals surface area contributed by atoms with Crippen LogP contribution in [-0.4, -0.2) is 48.0 Å². The molecule has 1 amide bonds. The maximum atomic E-state index is 12.9. The second kappa shape index (κ2) is 8.86. The SMILES string of the molecule is CC[C@@H](Oc1cccc(C)c1)C(=O)N1CCN(Cc2ccccc2)CC1. The minimum Gasteiger partial charge on any atom is -0.481 e. The lowest BCUT2D eigenvalue weighted by Gasteiger charge is -2.36. The maximum absolute atomic E-state index is 12.9. The number of amides is 1. The van der Waals surface area contributed by atoms with Crippen LogP contribution in [0.15, 0.2) is 54.6 Å². The number of piperazine rings is 1. The summed E-state index contributed by atoms with van der Waals surface area (Å²) in [6.07, 6.45) is 0.272. The normalized spacial score (nSPS) is 16.3. The minimum atomic E-state index is -0.405. The Balaban J connectivity index is 1.53. The molecule has 1 heterocycles. The monoisotopic (exact) mass is 352 g/mol. The molecule has 3 rings (SSSR count). The maximum Gasteiger partial charge on any atom is 0.263 e. The quantitative estimate of drug-likeness (QED) is 0.798. The zero-order chi connectivity index (χ0) is 18.4. The van der Waals surface area contributed by atoms with Gasteiger partial charge in [-0.15, -0.1) is 0 Å². The minimum absolute atomic E-state index is 0.105. The fraction of sp³-hybridized carbons (Fsp3) is 0.409. The lowest BCUT2D eigenvalue weighted by molar-refractivity contribution is -0.140. The first kappa shape index (κ1) is 18.5. The van der Waals surface area contributed by atoms with Crippen molar-refractivity contribution < 1.29 is 9.53 Å². The second-order valence-corrected chi connectivity index (χ2v) is 6.92. The van der Waals surface area contributed by atoms with Crippen molar-refractivity contribution >= 4 is 5.91 Å². The first-order chi connectivity index (χ1) is 12.7. The van der Waals surface area contributed by atoms with Gasteiger partial charge in [0, 0.05) is 32.7 Å². The van der Waals surface area contributed by atoms with Crippen molar-refractivity contribution in [3.8, 4) is 5.75 Å². The van der Waals surface area contributed by atoms with Gasteiger partial charge in [-0.05, 0) is 36.6 Å². The summed E-state index contributed by atoms with van der Waals surface area (Å²) in [5, 5.41) is 0. The number of nitrogens with zero attached hydrogens (tertiary/aromatic N) is 2. The molecule has 0 bridgehead atoms. The Bertz CT molecular complexity index is 709. The molecule has 0 spiro atoms. The summed E-state index contributed by atoms with van der Waals surface area (Å²) < 4.78 is 5.98. The van der Waals surface area contributed by atoms with E-state index in [1.54, 1.807) is 0 Å². The summed E-state index contributed by atoms with van der Waals surface area (Å²) >= 11 is 0. The topological polar surface area (TPSA) is 32.8 Å². The lowest BCUT2D eigenvalue weighted by Crippen LogP contribution is -2.52. The Labute approximate surface area is 156 Å².